The summed E-state index contributed by atoms with van der Waals surface area (Å²) in [7, 11) is 0. The highest BCUT2D eigenvalue weighted by atomic mass is 16.5. The molecular weight excluding hydrogens is 318 g/mol. The van der Waals surface area contributed by atoms with Crippen molar-refractivity contribution < 1.29 is 19.4 Å². The van der Waals surface area contributed by atoms with Gasteiger partial charge in [0.25, 0.3) is 0 Å². The molecule has 0 spiro atoms. The van der Waals surface area contributed by atoms with Gasteiger partial charge in [-0.2, -0.15) is 0 Å². The third kappa shape index (κ3) is 9.97. The molecule has 0 aliphatic rings. The van der Waals surface area contributed by atoms with Gasteiger partial charge in [-0.25, -0.2) is 0 Å². The normalized spacial score (nSPS) is 10.6. The Labute approximate surface area is 151 Å². The van der Waals surface area contributed by atoms with Gasteiger partial charge in [0.2, 0.25) is 0 Å². The minimum absolute atomic E-state index is 0.276. The lowest BCUT2D eigenvalue weighted by Gasteiger charge is -2.14. The summed E-state index contributed by atoms with van der Waals surface area (Å²) < 4.78 is 11.5. The highest BCUT2D eigenvalue weighted by Crippen LogP contribution is 2.25. The second kappa shape index (κ2) is 13.5. The van der Waals surface area contributed by atoms with E-state index in [1.54, 1.807) is 0 Å². The molecule has 1 rings (SSSR count). The average molecular weight is 351 g/mol. The van der Waals surface area contributed by atoms with E-state index in [9.17, 15) is 4.79 Å². The van der Waals surface area contributed by atoms with Gasteiger partial charge >= 0.3 is 5.97 Å². The zero-order valence-electron chi connectivity index (χ0n) is 15.7. The first-order chi connectivity index (χ1) is 12.2. The van der Waals surface area contributed by atoms with Crippen LogP contribution in [0.25, 0.3) is 0 Å². The number of benzene rings is 1. The topological polar surface area (TPSA) is 67.8 Å². The van der Waals surface area contributed by atoms with Crippen LogP contribution in [0.1, 0.15) is 64.4 Å². The summed E-state index contributed by atoms with van der Waals surface area (Å²) in [6.45, 7) is 7.30. The van der Waals surface area contributed by atoms with Gasteiger partial charge in [0.05, 0.1) is 13.2 Å². The summed E-state index contributed by atoms with van der Waals surface area (Å²) in [6.07, 6.45) is 6.10. The van der Waals surface area contributed by atoms with Crippen molar-refractivity contribution in [2.75, 3.05) is 19.8 Å². The van der Waals surface area contributed by atoms with Crippen molar-refractivity contribution in [3.8, 4) is 11.5 Å². The third-order valence-electron chi connectivity index (χ3n) is 3.78. The van der Waals surface area contributed by atoms with Gasteiger partial charge < -0.3 is 19.9 Å². The molecule has 2 N–H and O–H groups in total. The second-order valence-corrected chi connectivity index (χ2v) is 6.20. The SMILES string of the molecule is CCCOc1ccc(CNCCCCCCC(=O)O)c(OCCC)c1. The fourth-order valence-electron chi connectivity index (χ4n) is 2.44. The number of unbranched alkanes of at least 4 members (excludes halogenated alkanes) is 3. The van der Waals surface area contributed by atoms with E-state index >= 15 is 0 Å². The van der Waals surface area contributed by atoms with E-state index in [-0.39, 0.29) is 6.42 Å². The van der Waals surface area contributed by atoms with Gasteiger partial charge in [-0.15, -0.1) is 0 Å². The summed E-state index contributed by atoms with van der Waals surface area (Å²) in [5.74, 6) is 1.05. The van der Waals surface area contributed by atoms with Gasteiger partial charge in [0, 0.05) is 24.6 Å². The van der Waals surface area contributed by atoms with Crippen LogP contribution in [-0.4, -0.2) is 30.8 Å². The van der Waals surface area contributed by atoms with Crippen LogP contribution < -0.4 is 14.8 Å². The summed E-state index contributed by atoms with van der Waals surface area (Å²) in [4.78, 5) is 10.4. The molecule has 1 aromatic rings. The highest BCUT2D eigenvalue weighted by Gasteiger charge is 2.06. The molecule has 142 valence electrons. The van der Waals surface area contributed by atoms with E-state index in [4.69, 9.17) is 14.6 Å². The summed E-state index contributed by atoms with van der Waals surface area (Å²) in [6, 6.07) is 6.04. The predicted molar refractivity (Wildman–Crippen MR) is 100 cm³/mol. The Balaban J connectivity index is 2.36. The number of carboxylic acid groups (broad SMARTS) is 1. The number of aliphatic carboxylic acids is 1. The molecule has 0 unspecified atom stereocenters. The number of carboxylic acids is 1. The smallest absolute Gasteiger partial charge is 0.303 e. The van der Waals surface area contributed by atoms with Crippen LogP contribution in [0.5, 0.6) is 11.5 Å². The summed E-state index contributed by atoms with van der Waals surface area (Å²) >= 11 is 0. The summed E-state index contributed by atoms with van der Waals surface area (Å²) in [5.41, 5.74) is 1.14. The number of hydrogen-bond donors (Lipinski definition) is 2. The quantitative estimate of drug-likeness (QED) is 0.459. The van der Waals surface area contributed by atoms with Gasteiger partial charge in [-0.3, -0.25) is 4.79 Å². The molecule has 5 heteroatoms. The third-order valence-corrected chi connectivity index (χ3v) is 3.78. The van der Waals surface area contributed by atoms with Crippen molar-refractivity contribution in [1.82, 2.24) is 5.32 Å². The van der Waals surface area contributed by atoms with Crippen molar-refractivity contribution in [1.29, 1.82) is 0 Å². The highest BCUT2D eigenvalue weighted by molar-refractivity contribution is 5.66. The number of rotatable bonds is 15. The molecule has 5 nitrogen and oxygen atoms in total. The average Bonchev–Trinajstić information content (AvgIpc) is 2.61. The molecule has 0 atom stereocenters. The van der Waals surface area contributed by atoms with Gasteiger partial charge in [-0.05, 0) is 38.3 Å². The number of nitrogens with one attached hydrogen (secondary N) is 1. The molecule has 0 aliphatic carbocycles. The van der Waals surface area contributed by atoms with E-state index in [1.165, 1.54) is 0 Å². The molecule has 0 saturated carbocycles. The van der Waals surface area contributed by atoms with Crippen LogP contribution in [0, 0.1) is 0 Å². The van der Waals surface area contributed by atoms with Crippen molar-refractivity contribution in [2.24, 2.45) is 0 Å². The van der Waals surface area contributed by atoms with Gasteiger partial charge in [-0.1, -0.05) is 32.8 Å². The summed E-state index contributed by atoms with van der Waals surface area (Å²) in [5, 5.41) is 12.0. The molecule has 0 radical (unpaired) electrons. The van der Waals surface area contributed by atoms with Crippen LogP contribution in [-0.2, 0) is 11.3 Å². The van der Waals surface area contributed by atoms with Crippen molar-refractivity contribution >= 4 is 5.97 Å². The van der Waals surface area contributed by atoms with Crippen LogP contribution >= 0.6 is 0 Å². The number of hydrogen-bond acceptors (Lipinski definition) is 4. The first-order valence-corrected chi connectivity index (χ1v) is 9.48. The maximum atomic E-state index is 10.4. The minimum Gasteiger partial charge on any atom is -0.493 e. The molecule has 0 bridgehead atoms. The van der Waals surface area contributed by atoms with Crippen LogP contribution in [0.2, 0.25) is 0 Å². The van der Waals surface area contributed by atoms with Gasteiger partial charge in [0.1, 0.15) is 11.5 Å². The predicted octanol–water partition coefficient (Wildman–Crippen LogP) is 4.39. The monoisotopic (exact) mass is 351 g/mol. The lowest BCUT2D eigenvalue weighted by atomic mass is 10.1. The van der Waals surface area contributed by atoms with E-state index in [0.717, 1.165) is 68.7 Å². The van der Waals surface area contributed by atoms with Crippen LogP contribution in [0.4, 0.5) is 0 Å². The first kappa shape index (κ1) is 21.3. The maximum Gasteiger partial charge on any atom is 0.303 e. The Morgan fingerprint density at radius 2 is 1.76 bits per heavy atom. The van der Waals surface area contributed by atoms with E-state index in [2.05, 4.69) is 25.2 Å². The van der Waals surface area contributed by atoms with E-state index < -0.39 is 5.97 Å². The van der Waals surface area contributed by atoms with E-state index in [0.29, 0.717) is 13.2 Å². The molecule has 0 heterocycles. The minimum atomic E-state index is -0.705. The molecule has 1 aromatic carbocycles. The zero-order valence-corrected chi connectivity index (χ0v) is 15.7. The zero-order chi connectivity index (χ0) is 18.3. The molecule has 0 aromatic heterocycles. The lowest BCUT2D eigenvalue weighted by Crippen LogP contribution is -2.15. The standard InChI is InChI=1S/C20H33NO4/c1-3-13-24-18-11-10-17(19(15-18)25-14-4-2)16-21-12-8-6-5-7-9-20(22)23/h10-11,15,21H,3-9,12-14,16H2,1-2H3,(H,22,23). The maximum absolute atomic E-state index is 10.4. The van der Waals surface area contributed by atoms with Crippen molar-refractivity contribution in [3.63, 3.8) is 0 Å². The number of carbonyl (C=O) groups is 1. The molecule has 0 amide bonds. The van der Waals surface area contributed by atoms with Crippen LogP contribution in [0.15, 0.2) is 18.2 Å². The van der Waals surface area contributed by atoms with Gasteiger partial charge in [0.15, 0.2) is 0 Å². The van der Waals surface area contributed by atoms with Crippen LogP contribution in [0.3, 0.4) is 0 Å². The van der Waals surface area contributed by atoms with Crippen molar-refractivity contribution in [3.05, 3.63) is 23.8 Å². The largest absolute Gasteiger partial charge is 0.493 e. The fraction of sp³-hybridized carbons (Fsp3) is 0.650. The fourth-order valence-corrected chi connectivity index (χ4v) is 2.44. The Morgan fingerprint density at radius 3 is 2.48 bits per heavy atom. The molecule has 0 fully saturated rings. The molecule has 0 aliphatic heterocycles. The lowest BCUT2D eigenvalue weighted by molar-refractivity contribution is -0.137. The molecular formula is C20H33NO4. The Hall–Kier alpha value is -1.75. The first-order valence-electron chi connectivity index (χ1n) is 9.48. The molecule has 0 saturated heterocycles. The van der Waals surface area contributed by atoms with Crippen molar-refractivity contribution in [2.45, 2.75) is 65.3 Å². The van der Waals surface area contributed by atoms with E-state index in [1.807, 2.05) is 12.1 Å². The molecule has 25 heavy (non-hydrogen) atoms. The Morgan fingerprint density at radius 1 is 1.04 bits per heavy atom. The second-order valence-electron chi connectivity index (χ2n) is 6.20. The Bertz CT molecular complexity index is 491. The number of ether oxygens (including phenoxy) is 2. The Kier molecular flexibility index (Phi) is 11.5.